The fourth-order valence-corrected chi connectivity index (χ4v) is 6.65. The zero-order chi connectivity index (χ0) is 31.9. The Hall–Kier alpha value is -4.50. The molecule has 47 heavy (non-hydrogen) atoms. The molecule has 0 amide bonds. The van der Waals surface area contributed by atoms with Crippen molar-refractivity contribution in [1.29, 1.82) is 0 Å². The Kier molecular flexibility index (Phi) is 9.19. The average molecular weight is 709 g/mol. The third-order valence-electron chi connectivity index (χ3n) is 8.76. The summed E-state index contributed by atoms with van der Waals surface area (Å²) in [5, 5.41) is 7.37. The van der Waals surface area contributed by atoms with Gasteiger partial charge in [-0.25, -0.2) is 4.98 Å². The molecule has 0 spiro atoms. The van der Waals surface area contributed by atoms with E-state index in [1.54, 1.807) is 0 Å². The first-order valence-electron chi connectivity index (χ1n) is 16.1. The summed E-state index contributed by atoms with van der Waals surface area (Å²) in [4.78, 5) is 4.71. The topological polar surface area (TPSA) is 44.9 Å². The van der Waals surface area contributed by atoms with Crippen molar-refractivity contribution < 1.29 is 25.2 Å². The van der Waals surface area contributed by atoms with E-state index in [9.17, 15) is 0 Å². The van der Waals surface area contributed by atoms with Crippen LogP contribution in [-0.2, 0) is 26.8 Å². The molecule has 6 heteroatoms. The number of rotatable bonds is 8. The number of fused-ring (bicyclic) bond motifs is 3. The van der Waals surface area contributed by atoms with Gasteiger partial charge in [0.25, 0.3) is 0 Å². The Morgan fingerprint density at radius 3 is 2.30 bits per heavy atom. The first-order chi connectivity index (χ1) is 22.3. The first kappa shape index (κ1) is 32.4. The molecule has 0 saturated carbocycles. The van der Waals surface area contributed by atoms with Gasteiger partial charge in [0, 0.05) is 34.5 Å². The molecule has 0 unspecified atom stereocenters. The van der Waals surface area contributed by atoms with Crippen molar-refractivity contribution in [1.82, 2.24) is 19.3 Å². The molecule has 238 valence electrons. The van der Waals surface area contributed by atoms with E-state index in [1.807, 2.05) is 24.4 Å². The van der Waals surface area contributed by atoms with Crippen LogP contribution >= 0.6 is 0 Å². The fraction of sp³-hybridized carbons (Fsp3) is 0.220. The third kappa shape index (κ3) is 6.05. The minimum absolute atomic E-state index is 0. The maximum Gasteiger partial charge on any atom is 2.00 e. The Bertz CT molecular complexity index is 2220. The van der Waals surface area contributed by atoms with Crippen molar-refractivity contribution in [3.63, 3.8) is 0 Å². The van der Waals surface area contributed by atoms with E-state index in [0.29, 0.717) is 11.5 Å². The fourth-order valence-electron chi connectivity index (χ4n) is 6.65. The van der Waals surface area contributed by atoms with E-state index in [-0.39, 0.29) is 20.4 Å². The number of nitrogens with zero attached hydrogens (tertiary/aromatic N) is 4. The largest absolute Gasteiger partial charge is 2.00 e. The van der Waals surface area contributed by atoms with E-state index in [1.165, 1.54) is 27.9 Å². The maximum absolute atomic E-state index is 6.54. The number of hydrogen-bond acceptors (Lipinski definition) is 3. The van der Waals surface area contributed by atoms with Crippen LogP contribution in [0.2, 0.25) is 0 Å². The van der Waals surface area contributed by atoms with Gasteiger partial charge in [0.15, 0.2) is 0 Å². The Morgan fingerprint density at radius 2 is 1.53 bits per heavy atom. The molecule has 4 aromatic carbocycles. The molecule has 7 aromatic rings. The Balaban J connectivity index is 0.00000386. The Labute approximate surface area is 290 Å². The second-order valence-electron chi connectivity index (χ2n) is 12.3. The van der Waals surface area contributed by atoms with Crippen LogP contribution in [0.4, 0.5) is 0 Å². The molecule has 0 aliphatic rings. The number of hydrogen-bond donors (Lipinski definition) is 0. The first-order valence-corrected chi connectivity index (χ1v) is 16.1. The van der Waals surface area contributed by atoms with Gasteiger partial charge in [-0.1, -0.05) is 62.2 Å². The van der Waals surface area contributed by atoms with Gasteiger partial charge in [-0.15, -0.1) is 35.7 Å². The van der Waals surface area contributed by atoms with Crippen molar-refractivity contribution in [2.75, 3.05) is 0 Å². The zero-order valence-corrected chi connectivity index (χ0v) is 29.3. The molecule has 0 aliphatic heterocycles. The molecular formula is C41H38N4OPd. The summed E-state index contributed by atoms with van der Waals surface area (Å²) in [5.41, 5.74) is 12.4. The average Bonchev–Trinajstić information content (AvgIpc) is 3.53. The number of ether oxygens (including phenoxy) is 1. The van der Waals surface area contributed by atoms with Crippen LogP contribution in [0.15, 0.2) is 85.1 Å². The molecule has 0 bridgehead atoms. The Morgan fingerprint density at radius 1 is 0.745 bits per heavy atom. The number of unbranched alkanes of at least 4 members (excludes halogenated alkanes) is 1. The number of para-hydroxylation sites is 1. The van der Waals surface area contributed by atoms with Crippen molar-refractivity contribution in [3.8, 4) is 34.1 Å². The minimum Gasteiger partial charge on any atom is -0.509 e. The number of aromatic nitrogens is 4. The number of aryl methyl sites for hydroxylation is 5. The van der Waals surface area contributed by atoms with E-state index >= 15 is 0 Å². The quantitative estimate of drug-likeness (QED) is 0.117. The normalized spacial score (nSPS) is 11.3. The van der Waals surface area contributed by atoms with Crippen molar-refractivity contribution >= 4 is 21.8 Å². The number of pyridine rings is 1. The van der Waals surface area contributed by atoms with E-state index in [0.717, 1.165) is 69.4 Å². The molecule has 7 rings (SSSR count). The monoisotopic (exact) mass is 708 g/mol. The number of benzene rings is 4. The zero-order valence-electron chi connectivity index (χ0n) is 27.7. The second kappa shape index (κ2) is 13.3. The van der Waals surface area contributed by atoms with Crippen molar-refractivity contribution in [3.05, 3.63) is 131 Å². The molecule has 0 aliphatic carbocycles. The van der Waals surface area contributed by atoms with E-state index < -0.39 is 0 Å². The van der Waals surface area contributed by atoms with Gasteiger partial charge in [-0.05, 0) is 92.1 Å². The van der Waals surface area contributed by atoms with Crippen LogP contribution in [0.5, 0.6) is 11.5 Å². The van der Waals surface area contributed by atoms with Gasteiger partial charge in [0.05, 0.1) is 5.69 Å². The van der Waals surface area contributed by atoms with E-state index in [2.05, 4.69) is 124 Å². The second-order valence-corrected chi connectivity index (χ2v) is 12.3. The van der Waals surface area contributed by atoms with Crippen molar-refractivity contribution in [2.45, 2.75) is 60.8 Å². The molecule has 0 radical (unpaired) electrons. The molecule has 0 N–H and O–H groups in total. The maximum atomic E-state index is 6.54. The summed E-state index contributed by atoms with van der Waals surface area (Å²) in [6.45, 7) is 12.9. The van der Waals surface area contributed by atoms with Gasteiger partial charge in [0.2, 0.25) is 0 Å². The van der Waals surface area contributed by atoms with E-state index in [4.69, 9.17) is 14.8 Å². The summed E-state index contributed by atoms with van der Waals surface area (Å²) < 4.78 is 10.8. The SMILES string of the molecule is CCCCc1c(-c2c(C)cccc2C)c(C)nn1-c1[c-]c(Oc2[c-]c3c(cc2)c2ccccc2n3-c2cc(C)ccn2)cc(C)c1.[Pd+2]. The third-order valence-corrected chi connectivity index (χ3v) is 8.76. The van der Waals surface area contributed by atoms with Crippen LogP contribution in [0.25, 0.3) is 44.4 Å². The minimum atomic E-state index is 0. The predicted octanol–water partition coefficient (Wildman–Crippen LogP) is 10.3. The van der Waals surface area contributed by atoms with Crippen LogP contribution in [-0.4, -0.2) is 19.3 Å². The van der Waals surface area contributed by atoms with Gasteiger partial charge in [0.1, 0.15) is 5.82 Å². The van der Waals surface area contributed by atoms with Gasteiger partial charge in [-0.2, -0.15) is 16.7 Å². The van der Waals surface area contributed by atoms with Gasteiger partial charge in [-0.3, -0.25) is 4.68 Å². The molecular weight excluding hydrogens is 671 g/mol. The summed E-state index contributed by atoms with van der Waals surface area (Å²) in [6, 6.07) is 34.4. The summed E-state index contributed by atoms with van der Waals surface area (Å²) in [7, 11) is 0. The van der Waals surface area contributed by atoms with Crippen LogP contribution in [0.1, 0.15) is 53.4 Å². The molecule has 5 nitrogen and oxygen atoms in total. The van der Waals surface area contributed by atoms with Crippen LogP contribution in [0, 0.1) is 46.8 Å². The molecule has 3 heterocycles. The molecule has 0 fully saturated rings. The standard InChI is InChI=1S/C41H38N4O.Pd/c1-7-8-15-37-41(40-28(4)12-11-13-29(40)5)30(6)43-45(37)31-21-27(3)22-33(24-31)46-32-17-18-35-34-14-9-10-16-36(34)44(38(35)25-32)39-23-26(2)19-20-42-39;/h9-14,16-23H,7-8,15H2,1-6H3;/q-2;+2. The molecule has 0 atom stereocenters. The summed E-state index contributed by atoms with van der Waals surface area (Å²) in [5.74, 6) is 2.11. The van der Waals surface area contributed by atoms with Crippen LogP contribution < -0.4 is 4.74 Å². The van der Waals surface area contributed by atoms with Gasteiger partial charge >= 0.3 is 20.4 Å². The summed E-state index contributed by atoms with van der Waals surface area (Å²) in [6.07, 6.45) is 4.97. The predicted molar refractivity (Wildman–Crippen MR) is 188 cm³/mol. The van der Waals surface area contributed by atoms with Crippen LogP contribution in [0.3, 0.4) is 0 Å². The molecule has 3 aromatic heterocycles. The van der Waals surface area contributed by atoms with Gasteiger partial charge < -0.3 is 9.30 Å². The van der Waals surface area contributed by atoms with Crippen molar-refractivity contribution in [2.24, 2.45) is 0 Å². The molecule has 0 saturated heterocycles. The summed E-state index contributed by atoms with van der Waals surface area (Å²) >= 11 is 0. The smallest absolute Gasteiger partial charge is 0.509 e.